The van der Waals surface area contributed by atoms with Crippen molar-refractivity contribution in [1.82, 2.24) is 10.2 Å². The molecule has 1 unspecified atom stereocenters. The molecule has 0 aliphatic carbocycles. The van der Waals surface area contributed by atoms with Gasteiger partial charge in [-0.25, -0.2) is 0 Å². The number of rotatable bonds is 6. The van der Waals surface area contributed by atoms with Crippen LogP contribution in [-0.2, 0) is 0 Å². The lowest BCUT2D eigenvalue weighted by molar-refractivity contribution is -0.0107. The molecular weight excluding hydrogens is 192 g/mol. The maximum atomic E-state index is 9.89. The highest BCUT2D eigenvalue weighted by atomic mass is 16.3. The smallest absolute Gasteiger partial charge is 0.0791 e. The van der Waals surface area contributed by atoms with Crippen LogP contribution < -0.4 is 5.32 Å². The van der Waals surface area contributed by atoms with Gasteiger partial charge in [-0.2, -0.15) is 0 Å². The Morgan fingerprint density at radius 3 is 2.00 bits per heavy atom. The van der Waals surface area contributed by atoms with E-state index in [4.69, 9.17) is 0 Å². The van der Waals surface area contributed by atoms with Crippen molar-refractivity contribution < 1.29 is 10.2 Å². The molecule has 92 valence electrons. The quantitative estimate of drug-likeness (QED) is 0.589. The number of hydrogen-bond donors (Lipinski definition) is 3. The molecule has 0 radical (unpaired) electrons. The summed E-state index contributed by atoms with van der Waals surface area (Å²) in [4.78, 5) is 1.93. The Labute approximate surface area is 93.3 Å². The van der Waals surface area contributed by atoms with E-state index in [0.29, 0.717) is 13.1 Å². The normalized spacial score (nSPS) is 15.8. The number of nitrogens with one attached hydrogen (secondary N) is 1. The van der Waals surface area contributed by atoms with Crippen LogP contribution in [0.25, 0.3) is 0 Å². The molecule has 0 fully saturated rings. The zero-order valence-electron chi connectivity index (χ0n) is 10.8. The van der Waals surface area contributed by atoms with E-state index in [1.807, 2.05) is 32.8 Å². The Hall–Kier alpha value is -0.160. The number of nitrogens with zero attached hydrogens (tertiary/aromatic N) is 1. The van der Waals surface area contributed by atoms with E-state index in [1.54, 1.807) is 13.8 Å². The number of β-amino-alcohol motifs (C(OH)–C–C–N with tert-alkyl or cyclic N) is 1. The largest absolute Gasteiger partial charge is 0.390 e. The number of hydrogen-bond acceptors (Lipinski definition) is 4. The van der Waals surface area contributed by atoms with Crippen LogP contribution in [0.4, 0.5) is 0 Å². The van der Waals surface area contributed by atoms with Crippen molar-refractivity contribution in [2.24, 2.45) is 0 Å². The molecule has 4 nitrogen and oxygen atoms in total. The molecule has 0 saturated heterocycles. The van der Waals surface area contributed by atoms with Gasteiger partial charge in [0.1, 0.15) is 0 Å². The molecule has 0 aromatic carbocycles. The molecule has 0 aromatic rings. The Morgan fingerprint density at radius 2 is 1.67 bits per heavy atom. The average Bonchev–Trinajstić information content (AvgIpc) is 1.97. The zero-order valence-corrected chi connectivity index (χ0v) is 10.8. The lowest BCUT2D eigenvalue weighted by Crippen LogP contribution is -2.57. The molecule has 15 heavy (non-hydrogen) atoms. The first-order chi connectivity index (χ1) is 6.56. The Kier molecular flexibility index (Phi) is 5.20. The molecule has 0 aliphatic rings. The van der Waals surface area contributed by atoms with Crippen molar-refractivity contribution in [1.29, 1.82) is 0 Å². The van der Waals surface area contributed by atoms with E-state index in [-0.39, 0.29) is 0 Å². The Bertz CT molecular complexity index is 186. The van der Waals surface area contributed by atoms with Gasteiger partial charge < -0.3 is 20.4 Å². The predicted octanol–water partition coefficient (Wildman–Crippen LogP) is 0.0480. The summed E-state index contributed by atoms with van der Waals surface area (Å²) >= 11 is 0. The standard InChI is InChI=1S/C11H26N2O2/c1-10(2,11(3,4)15)12-7-9(14)8-13(5)6/h9,12,14-15H,7-8H2,1-6H3. The second-order valence-corrected chi connectivity index (χ2v) is 5.48. The predicted molar refractivity (Wildman–Crippen MR) is 62.9 cm³/mol. The van der Waals surface area contributed by atoms with E-state index in [9.17, 15) is 10.2 Å². The van der Waals surface area contributed by atoms with E-state index in [2.05, 4.69) is 5.32 Å². The van der Waals surface area contributed by atoms with Crippen LogP contribution in [0.3, 0.4) is 0 Å². The van der Waals surface area contributed by atoms with Crippen LogP contribution in [0.5, 0.6) is 0 Å². The molecule has 0 spiro atoms. The van der Waals surface area contributed by atoms with E-state index in [0.717, 1.165) is 0 Å². The van der Waals surface area contributed by atoms with Crippen molar-refractivity contribution in [2.75, 3.05) is 27.2 Å². The summed E-state index contributed by atoms with van der Waals surface area (Å²) in [5.41, 5.74) is -1.23. The molecule has 0 heterocycles. The molecule has 0 aliphatic heterocycles. The highest BCUT2D eigenvalue weighted by Gasteiger charge is 2.34. The Morgan fingerprint density at radius 1 is 1.20 bits per heavy atom. The number of aliphatic hydroxyl groups is 2. The minimum atomic E-state index is -0.815. The maximum absolute atomic E-state index is 9.89. The van der Waals surface area contributed by atoms with Gasteiger partial charge in [0.2, 0.25) is 0 Å². The van der Waals surface area contributed by atoms with Gasteiger partial charge in [0.15, 0.2) is 0 Å². The van der Waals surface area contributed by atoms with Crippen LogP contribution >= 0.6 is 0 Å². The van der Waals surface area contributed by atoms with E-state index in [1.165, 1.54) is 0 Å². The first-order valence-electron chi connectivity index (χ1n) is 5.36. The van der Waals surface area contributed by atoms with Gasteiger partial charge in [-0.05, 0) is 41.8 Å². The van der Waals surface area contributed by atoms with Crippen LogP contribution in [0.2, 0.25) is 0 Å². The first kappa shape index (κ1) is 14.8. The third kappa shape index (κ3) is 5.47. The van der Waals surface area contributed by atoms with Gasteiger partial charge >= 0.3 is 0 Å². The maximum Gasteiger partial charge on any atom is 0.0791 e. The van der Waals surface area contributed by atoms with E-state index >= 15 is 0 Å². The summed E-state index contributed by atoms with van der Waals surface area (Å²) in [6, 6.07) is 0. The summed E-state index contributed by atoms with van der Waals surface area (Å²) in [5.74, 6) is 0. The third-order valence-corrected chi connectivity index (χ3v) is 2.89. The summed E-state index contributed by atoms with van der Waals surface area (Å²) in [6.45, 7) is 8.48. The van der Waals surface area contributed by atoms with Crippen molar-refractivity contribution in [3.8, 4) is 0 Å². The van der Waals surface area contributed by atoms with Gasteiger partial charge in [-0.15, -0.1) is 0 Å². The van der Waals surface area contributed by atoms with Crippen molar-refractivity contribution in [3.05, 3.63) is 0 Å². The highest BCUT2D eigenvalue weighted by Crippen LogP contribution is 2.20. The minimum absolute atomic E-state index is 0.415. The fraction of sp³-hybridized carbons (Fsp3) is 1.00. The SMILES string of the molecule is CN(C)CC(O)CNC(C)(C)C(C)(C)O. The molecule has 3 N–H and O–H groups in total. The minimum Gasteiger partial charge on any atom is -0.390 e. The van der Waals surface area contributed by atoms with E-state index < -0.39 is 17.2 Å². The monoisotopic (exact) mass is 218 g/mol. The topological polar surface area (TPSA) is 55.7 Å². The van der Waals surface area contributed by atoms with Gasteiger partial charge in [0, 0.05) is 18.6 Å². The molecule has 0 amide bonds. The van der Waals surface area contributed by atoms with Crippen molar-refractivity contribution in [3.63, 3.8) is 0 Å². The second kappa shape index (κ2) is 5.25. The molecule has 0 rings (SSSR count). The summed E-state index contributed by atoms with van der Waals surface area (Å²) in [5, 5.41) is 22.7. The molecule has 0 bridgehead atoms. The van der Waals surface area contributed by atoms with Crippen molar-refractivity contribution in [2.45, 2.75) is 44.9 Å². The van der Waals surface area contributed by atoms with Crippen LogP contribution in [-0.4, -0.2) is 59.5 Å². The average molecular weight is 218 g/mol. The zero-order chi connectivity index (χ0) is 12.3. The lowest BCUT2D eigenvalue weighted by atomic mass is 9.86. The fourth-order valence-electron chi connectivity index (χ4n) is 1.08. The summed E-state index contributed by atoms with van der Waals surface area (Å²) in [7, 11) is 3.84. The second-order valence-electron chi connectivity index (χ2n) is 5.48. The van der Waals surface area contributed by atoms with Crippen molar-refractivity contribution >= 4 is 0 Å². The van der Waals surface area contributed by atoms with Gasteiger partial charge in [0.25, 0.3) is 0 Å². The summed E-state index contributed by atoms with van der Waals surface area (Å²) < 4.78 is 0. The first-order valence-corrected chi connectivity index (χ1v) is 5.36. The summed E-state index contributed by atoms with van der Waals surface area (Å²) in [6.07, 6.45) is -0.415. The number of aliphatic hydroxyl groups excluding tert-OH is 1. The van der Waals surface area contributed by atoms with Gasteiger partial charge in [-0.1, -0.05) is 0 Å². The van der Waals surface area contributed by atoms with Crippen LogP contribution in [0, 0.1) is 0 Å². The molecule has 4 heteroatoms. The molecular formula is C11H26N2O2. The fourth-order valence-corrected chi connectivity index (χ4v) is 1.08. The molecule has 1 atom stereocenters. The van der Waals surface area contributed by atoms with Gasteiger partial charge in [-0.3, -0.25) is 0 Å². The van der Waals surface area contributed by atoms with Crippen LogP contribution in [0.1, 0.15) is 27.7 Å². The van der Waals surface area contributed by atoms with Crippen LogP contribution in [0.15, 0.2) is 0 Å². The van der Waals surface area contributed by atoms with Gasteiger partial charge in [0.05, 0.1) is 11.7 Å². The molecule has 0 saturated carbocycles. The highest BCUT2D eigenvalue weighted by molar-refractivity contribution is 4.93. The Balaban J connectivity index is 4.04. The number of likely N-dealkylation sites (N-methyl/N-ethyl adjacent to an activating group) is 1. The molecule has 0 aromatic heterocycles. The third-order valence-electron chi connectivity index (χ3n) is 2.89. The lowest BCUT2D eigenvalue weighted by Gasteiger charge is -2.39.